The van der Waals surface area contributed by atoms with Crippen LogP contribution in [0.15, 0.2) is 6.07 Å². The molecule has 26 heavy (non-hydrogen) atoms. The number of carboxylic acids is 1. The fourth-order valence-corrected chi connectivity index (χ4v) is 3.08. The van der Waals surface area contributed by atoms with Gasteiger partial charge in [0.15, 0.2) is 0 Å². The summed E-state index contributed by atoms with van der Waals surface area (Å²) in [5.74, 6) is -5.11. The van der Waals surface area contributed by atoms with E-state index in [1.54, 1.807) is 17.7 Å². The van der Waals surface area contributed by atoms with Crippen molar-refractivity contribution >= 4 is 17.7 Å². The third kappa shape index (κ3) is 4.54. The summed E-state index contributed by atoms with van der Waals surface area (Å²) in [4.78, 5) is 24.6. The van der Waals surface area contributed by atoms with Crippen molar-refractivity contribution in [3.05, 3.63) is 11.8 Å². The number of aromatic nitrogens is 2. The second-order valence-corrected chi connectivity index (χ2v) is 7.59. The monoisotopic (exact) mass is 376 g/mol. The predicted molar refractivity (Wildman–Crippen MR) is 87.7 cm³/mol. The van der Waals surface area contributed by atoms with Crippen LogP contribution in [0.3, 0.4) is 0 Å². The number of anilines is 1. The summed E-state index contributed by atoms with van der Waals surface area (Å²) in [6.07, 6.45) is -4.61. The molecule has 1 amide bonds. The average Bonchev–Trinajstić information content (AvgIpc) is 3.01. The molecule has 1 saturated heterocycles. The molecule has 1 aromatic rings. The summed E-state index contributed by atoms with van der Waals surface area (Å²) in [6, 6.07) is 1.67. The number of hydrogen-bond acceptors (Lipinski definition) is 4. The number of carbonyl (C=O) groups excluding carboxylic acids is 1. The topological polar surface area (TPSA) is 87.5 Å². The van der Waals surface area contributed by atoms with Crippen molar-refractivity contribution in [2.75, 3.05) is 25.0 Å². The fraction of sp³-hybridized carbons (Fsp3) is 0.688. The van der Waals surface area contributed by atoms with Crippen LogP contribution in [0.4, 0.5) is 19.0 Å². The summed E-state index contributed by atoms with van der Waals surface area (Å²) in [6.45, 7) is 6.34. The molecule has 1 aromatic heterocycles. The van der Waals surface area contributed by atoms with Gasteiger partial charge in [-0.2, -0.15) is 18.3 Å². The van der Waals surface area contributed by atoms with Crippen LogP contribution in [0.5, 0.6) is 0 Å². The van der Waals surface area contributed by atoms with Crippen molar-refractivity contribution in [2.24, 2.45) is 11.8 Å². The summed E-state index contributed by atoms with van der Waals surface area (Å²) in [5.41, 5.74) is 0.305. The Labute approximate surface area is 149 Å². The van der Waals surface area contributed by atoms with E-state index in [0.29, 0.717) is 11.5 Å². The number of nitrogens with zero attached hydrogens (tertiary/aromatic N) is 3. The SMILES string of the molecule is Cc1cc(NC(=O)CN2C[C@@H](C(F)(F)F)[C@H](C(=O)O)C2)n(C(C)(C)C)n1. The Morgan fingerprint density at radius 2 is 1.92 bits per heavy atom. The molecule has 0 bridgehead atoms. The molecule has 146 valence electrons. The molecular formula is C16H23F3N4O3. The molecule has 0 radical (unpaired) electrons. The maximum atomic E-state index is 13.0. The van der Waals surface area contributed by atoms with Crippen molar-refractivity contribution in [1.29, 1.82) is 0 Å². The number of carboxylic acid groups (broad SMARTS) is 1. The molecule has 0 aromatic carbocycles. The van der Waals surface area contributed by atoms with Crippen LogP contribution in [0.1, 0.15) is 26.5 Å². The number of alkyl halides is 3. The molecule has 1 fully saturated rings. The average molecular weight is 376 g/mol. The number of aliphatic carboxylic acids is 1. The Morgan fingerprint density at radius 3 is 2.38 bits per heavy atom. The standard InChI is InChI=1S/C16H23F3N4O3/c1-9-5-12(23(21-9)15(2,3)4)20-13(24)8-22-6-10(14(25)26)11(7-22)16(17,18)19/h5,10-11H,6-8H2,1-4H3,(H,20,24)(H,25,26)/t10-,11-/m1/s1. The zero-order valence-electron chi connectivity index (χ0n) is 15.1. The van der Waals surface area contributed by atoms with Gasteiger partial charge in [0.05, 0.1) is 29.6 Å². The van der Waals surface area contributed by atoms with Gasteiger partial charge in [-0.3, -0.25) is 14.5 Å². The number of nitrogens with one attached hydrogen (secondary N) is 1. The Hall–Kier alpha value is -2.10. The number of halogens is 3. The van der Waals surface area contributed by atoms with E-state index in [-0.39, 0.29) is 18.6 Å². The lowest BCUT2D eigenvalue weighted by molar-refractivity contribution is -0.188. The van der Waals surface area contributed by atoms with Gasteiger partial charge in [-0.05, 0) is 27.7 Å². The highest BCUT2D eigenvalue weighted by Crippen LogP contribution is 2.37. The lowest BCUT2D eigenvalue weighted by atomic mass is 9.96. The van der Waals surface area contributed by atoms with Crippen molar-refractivity contribution < 1.29 is 27.9 Å². The summed E-state index contributed by atoms with van der Waals surface area (Å²) in [7, 11) is 0. The van der Waals surface area contributed by atoms with Gasteiger partial charge in [-0.15, -0.1) is 0 Å². The summed E-state index contributed by atoms with van der Waals surface area (Å²) < 4.78 is 40.7. The quantitative estimate of drug-likeness (QED) is 0.840. The largest absolute Gasteiger partial charge is 0.481 e. The van der Waals surface area contributed by atoms with Gasteiger partial charge in [0, 0.05) is 19.2 Å². The Balaban J connectivity index is 2.06. The highest BCUT2D eigenvalue weighted by molar-refractivity contribution is 5.91. The second kappa shape index (κ2) is 6.90. The number of likely N-dealkylation sites (tertiary alicyclic amines) is 1. The van der Waals surface area contributed by atoms with Crippen LogP contribution in [-0.4, -0.2) is 57.5 Å². The lowest BCUT2D eigenvalue weighted by Crippen LogP contribution is -2.35. The van der Waals surface area contributed by atoms with E-state index < -0.39 is 36.4 Å². The third-order valence-corrected chi connectivity index (χ3v) is 4.23. The number of hydrogen-bond donors (Lipinski definition) is 2. The normalized spacial score (nSPS) is 21.8. The molecule has 2 heterocycles. The zero-order valence-corrected chi connectivity index (χ0v) is 15.1. The number of carbonyl (C=O) groups is 2. The first-order chi connectivity index (χ1) is 11.8. The molecule has 1 aliphatic heterocycles. The Kier molecular flexibility index (Phi) is 5.36. The van der Waals surface area contributed by atoms with Crippen LogP contribution in [0.2, 0.25) is 0 Å². The first-order valence-electron chi connectivity index (χ1n) is 8.18. The fourth-order valence-electron chi connectivity index (χ4n) is 3.08. The van der Waals surface area contributed by atoms with Gasteiger partial charge in [0.25, 0.3) is 0 Å². The van der Waals surface area contributed by atoms with Crippen molar-refractivity contribution in [3.8, 4) is 0 Å². The van der Waals surface area contributed by atoms with Crippen molar-refractivity contribution in [1.82, 2.24) is 14.7 Å². The first kappa shape index (κ1) is 20.2. The first-order valence-corrected chi connectivity index (χ1v) is 8.18. The maximum Gasteiger partial charge on any atom is 0.393 e. The van der Waals surface area contributed by atoms with Gasteiger partial charge >= 0.3 is 12.1 Å². The number of aryl methyl sites for hydroxylation is 1. The molecule has 2 N–H and O–H groups in total. The van der Waals surface area contributed by atoms with E-state index in [1.807, 2.05) is 20.8 Å². The molecule has 2 atom stereocenters. The molecule has 10 heteroatoms. The molecule has 0 spiro atoms. The van der Waals surface area contributed by atoms with Crippen LogP contribution >= 0.6 is 0 Å². The van der Waals surface area contributed by atoms with E-state index >= 15 is 0 Å². The van der Waals surface area contributed by atoms with Gasteiger partial charge in [0.2, 0.25) is 5.91 Å². The van der Waals surface area contributed by atoms with Crippen molar-refractivity contribution in [2.45, 2.75) is 39.4 Å². The van der Waals surface area contributed by atoms with Crippen LogP contribution in [-0.2, 0) is 15.1 Å². The van der Waals surface area contributed by atoms with E-state index in [9.17, 15) is 22.8 Å². The highest BCUT2D eigenvalue weighted by Gasteiger charge is 2.52. The maximum absolute atomic E-state index is 13.0. The minimum atomic E-state index is -4.61. The van der Waals surface area contributed by atoms with Crippen LogP contribution in [0, 0.1) is 18.8 Å². The molecule has 0 saturated carbocycles. The van der Waals surface area contributed by atoms with Gasteiger partial charge in [-0.1, -0.05) is 0 Å². The molecular weight excluding hydrogens is 353 g/mol. The minimum absolute atomic E-state index is 0.315. The Bertz CT molecular complexity index is 694. The molecule has 0 unspecified atom stereocenters. The predicted octanol–water partition coefficient (Wildman–Crippen LogP) is 2.08. The van der Waals surface area contributed by atoms with Gasteiger partial charge < -0.3 is 10.4 Å². The molecule has 0 aliphatic carbocycles. The van der Waals surface area contributed by atoms with Crippen molar-refractivity contribution in [3.63, 3.8) is 0 Å². The van der Waals surface area contributed by atoms with Crippen LogP contribution < -0.4 is 5.32 Å². The van der Waals surface area contributed by atoms with Gasteiger partial charge in [0.1, 0.15) is 5.82 Å². The molecule has 2 rings (SSSR count). The van der Waals surface area contributed by atoms with E-state index in [0.717, 1.165) is 0 Å². The molecule has 7 nitrogen and oxygen atoms in total. The second-order valence-electron chi connectivity index (χ2n) is 7.59. The number of amides is 1. The summed E-state index contributed by atoms with van der Waals surface area (Å²) in [5, 5.41) is 16.0. The highest BCUT2D eigenvalue weighted by atomic mass is 19.4. The minimum Gasteiger partial charge on any atom is -0.481 e. The van der Waals surface area contributed by atoms with E-state index in [2.05, 4.69) is 10.4 Å². The van der Waals surface area contributed by atoms with E-state index in [4.69, 9.17) is 5.11 Å². The van der Waals surface area contributed by atoms with E-state index in [1.165, 1.54) is 4.90 Å². The smallest absolute Gasteiger partial charge is 0.393 e. The number of rotatable bonds is 4. The van der Waals surface area contributed by atoms with Crippen LogP contribution in [0.25, 0.3) is 0 Å². The van der Waals surface area contributed by atoms with Gasteiger partial charge in [-0.25, -0.2) is 4.68 Å². The zero-order chi connectivity index (χ0) is 19.9. The summed E-state index contributed by atoms with van der Waals surface area (Å²) >= 11 is 0. The Morgan fingerprint density at radius 1 is 1.31 bits per heavy atom. The molecule has 1 aliphatic rings. The lowest BCUT2D eigenvalue weighted by Gasteiger charge is -2.23. The third-order valence-electron chi connectivity index (χ3n) is 4.23.